The van der Waals surface area contributed by atoms with E-state index >= 15 is 0 Å². The summed E-state index contributed by atoms with van der Waals surface area (Å²) < 4.78 is 0. The summed E-state index contributed by atoms with van der Waals surface area (Å²) in [5, 5.41) is 10.7. The van der Waals surface area contributed by atoms with Crippen molar-refractivity contribution in [1.29, 1.82) is 0 Å². The van der Waals surface area contributed by atoms with E-state index in [0.717, 1.165) is 19.3 Å². The number of rotatable bonds is 2. The quantitative estimate of drug-likeness (QED) is 0.724. The number of allylic oxidation sites excluding steroid dienone is 2. The van der Waals surface area contributed by atoms with Gasteiger partial charge in [0.25, 0.3) is 0 Å². The third kappa shape index (κ3) is 3.86. The minimum Gasteiger partial charge on any atom is -0.388 e. The molecule has 2 heteroatoms. The van der Waals surface area contributed by atoms with E-state index in [0.29, 0.717) is 5.92 Å². The van der Waals surface area contributed by atoms with Crippen molar-refractivity contribution in [3.05, 3.63) is 52.7 Å². The van der Waals surface area contributed by atoms with Gasteiger partial charge in [0.2, 0.25) is 0 Å². The number of aliphatic hydroxyl groups is 1. The van der Waals surface area contributed by atoms with E-state index in [2.05, 4.69) is 55.7 Å². The smallest absolute Gasteiger partial charge is 0.0798 e. The lowest BCUT2D eigenvalue weighted by Crippen LogP contribution is -2.23. The van der Waals surface area contributed by atoms with Gasteiger partial charge in [0.1, 0.15) is 0 Å². The standard InChI is InChI=1S/C21H30OSi/c1-23(2,3)15-14-17-9-5-7-11-19(17)21-18-10-6-4-8-16(18)12-13-20(21)22/h4,6,8,10,14-15,17,20,22H,5,7,9,11-13H2,1-3H3. The SMILES string of the molecule is C[Si](C)(C)C=CC1CCCCC1=C1c2ccccc2CCC1O. The van der Waals surface area contributed by atoms with Gasteiger partial charge in [-0.15, -0.1) is 0 Å². The summed E-state index contributed by atoms with van der Waals surface area (Å²) in [7, 11) is -1.17. The third-order valence-corrected chi connectivity index (χ3v) is 6.35. The van der Waals surface area contributed by atoms with Gasteiger partial charge in [0.05, 0.1) is 14.2 Å². The highest BCUT2D eigenvalue weighted by atomic mass is 28.3. The summed E-state index contributed by atoms with van der Waals surface area (Å²) in [5.41, 5.74) is 8.00. The molecule has 1 aromatic carbocycles. The minimum atomic E-state index is -1.17. The maximum atomic E-state index is 10.7. The first-order valence-corrected chi connectivity index (χ1v) is 12.7. The predicted molar refractivity (Wildman–Crippen MR) is 102 cm³/mol. The molecule has 0 spiro atoms. The molecule has 1 N–H and O–H groups in total. The van der Waals surface area contributed by atoms with Crippen LogP contribution in [0.3, 0.4) is 0 Å². The Morgan fingerprint density at radius 3 is 2.61 bits per heavy atom. The zero-order chi connectivity index (χ0) is 16.4. The Morgan fingerprint density at radius 2 is 1.83 bits per heavy atom. The number of hydrogen-bond donors (Lipinski definition) is 1. The molecule has 0 heterocycles. The summed E-state index contributed by atoms with van der Waals surface area (Å²) in [4.78, 5) is 0. The number of fused-ring (bicyclic) bond motifs is 1. The first-order chi connectivity index (χ1) is 11.0. The predicted octanol–water partition coefficient (Wildman–Crippen LogP) is 5.37. The van der Waals surface area contributed by atoms with Crippen LogP contribution in [0.2, 0.25) is 19.6 Å². The van der Waals surface area contributed by atoms with Crippen LogP contribution in [-0.4, -0.2) is 19.3 Å². The molecule has 0 saturated heterocycles. The molecule has 0 aromatic heterocycles. The highest BCUT2D eigenvalue weighted by molar-refractivity contribution is 6.80. The van der Waals surface area contributed by atoms with Gasteiger partial charge in [0.15, 0.2) is 0 Å². The van der Waals surface area contributed by atoms with Crippen LogP contribution >= 0.6 is 0 Å². The van der Waals surface area contributed by atoms with Crippen LogP contribution in [0.25, 0.3) is 5.57 Å². The van der Waals surface area contributed by atoms with Gasteiger partial charge in [-0.25, -0.2) is 0 Å². The average molecular weight is 327 g/mol. The maximum Gasteiger partial charge on any atom is 0.0798 e. The van der Waals surface area contributed by atoms with Crippen LogP contribution in [0.4, 0.5) is 0 Å². The topological polar surface area (TPSA) is 20.2 Å². The highest BCUT2D eigenvalue weighted by Crippen LogP contribution is 2.41. The molecule has 23 heavy (non-hydrogen) atoms. The third-order valence-electron chi connectivity index (χ3n) is 5.16. The van der Waals surface area contributed by atoms with Crippen molar-refractivity contribution in [2.24, 2.45) is 5.92 Å². The Morgan fingerprint density at radius 1 is 1.04 bits per heavy atom. The molecule has 2 aliphatic rings. The normalized spacial score (nSPS) is 28.9. The molecule has 2 unspecified atom stereocenters. The van der Waals surface area contributed by atoms with E-state index in [9.17, 15) is 5.11 Å². The molecule has 0 radical (unpaired) electrons. The van der Waals surface area contributed by atoms with E-state index in [1.807, 2.05) is 0 Å². The van der Waals surface area contributed by atoms with Crippen molar-refractivity contribution in [1.82, 2.24) is 0 Å². The maximum absolute atomic E-state index is 10.7. The molecule has 1 aromatic rings. The molecule has 0 aliphatic heterocycles. The molecule has 1 nitrogen and oxygen atoms in total. The fraction of sp³-hybridized carbons (Fsp3) is 0.524. The van der Waals surface area contributed by atoms with E-state index in [1.165, 1.54) is 41.5 Å². The summed E-state index contributed by atoms with van der Waals surface area (Å²) >= 11 is 0. The van der Waals surface area contributed by atoms with Gasteiger partial charge in [0, 0.05) is 0 Å². The van der Waals surface area contributed by atoms with E-state index in [1.54, 1.807) is 0 Å². The second kappa shape index (κ2) is 6.78. The van der Waals surface area contributed by atoms with Crippen LogP contribution in [0, 0.1) is 5.92 Å². The van der Waals surface area contributed by atoms with Crippen molar-refractivity contribution in [3.63, 3.8) is 0 Å². The molecule has 2 atom stereocenters. The zero-order valence-corrected chi connectivity index (χ0v) is 15.8. The van der Waals surface area contributed by atoms with Crippen molar-refractivity contribution < 1.29 is 5.11 Å². The first-order valence-electron chi connectivity index (χ1n) is 9.14. The fourth-order valence-electron chi connectivity index (χ4n) is 4.00. The van der Waals surface area contributed by atoms with Crippen LogP contribution in [0.5, 0.6) is 0 Å². The number of aliphatic hydroxyl groups excluding tert-OH is 1. The van der Waals surface area contributed by atoms with Gasteiger partial charge in [-0.3, -0.25) is 0 Å². The highest BCUT2D eigenvalue weighted by Gasteiger charge is 2.29. The van der Waals surface area contributed by atoms with E-state index in [4.69, 9.17) is 0 Å². The molecule has 124 valence electrons. The van der Waals surface area contributed by atoms with Gasteiger partial charge >= 0.3 is 0 Å². The largest absolute Gasteiger partial charge is 0.388 e. The van der Waals surface area contributed by atoms with Gasteiger partial charge < -0.3 is 5.11 Å². The average Bonchev–Trinajstić information content (AvgIpc) is 2.53. The minimum absolute atomic E-state index is 0.277. The van der Waals surface area contributed by atoms with Gasteiger partial charge in [-0.2, -0.15) is 0 Å². The molecule has 2 aliphatic carbocycles. The van der Waals surface area contributed by atoms with Crippen LogP contribution in [0.15, 0.2) is 41.6 Å². The van der Waals surface area contributed by atoms with Crippen molar-refractivity contribution in [2.75, 3.05) is 0 Å². The lowest BCUT2D eigenvalue weighted by Gasteiger charge is -2.32. The zero-order valence-electron chi connectivity index (χ0n) is 14.8. The van der Waals surface area contributed by atoms with E-state index in [-0.39, 0.29) is 6.10 Å². The fourth-order valence-corrected chi connectivity index (χ4v) is 4.80. The van der Waals surface area contributed by atoms with Crippen molar-refractivity contribution >= 4 is 13.6 Å². The summed E-state index contributed by atoms with van der Waals surface area (Å²) in [5.74, 6) is 0.534. The molecule has 1 saturated carbocycles. The molecule has 0 bridgehead atoms. The number of hydrogen-bond acceptors (Lipinski definition) is 1. The Labute approximate surface area is 142 Å². The number of aryl methyl sites for hydroxylation is 1. The second-order valence-corrected chi connectivity index (χ2v) is 13.3. The first kappa shape index (κ1) is 16.7. The Balaban J connectivity index is 2.04. The number of benzene rings is 1. The van der Waals surface area contributed by atoms with Crippen molar-refractivity contribution in [2.45, 2.75) is 64.3 Å². The van der Waals surface area contributed by atoms with Crippen LogP contribution in [-0.2, 0) is 6.42 Å². The van der Waals surface area contributed by atoms with Crippen molar-refractivity contribution in [3.8, 4) is 0 Å². The molecular formula is C21H30OSi. The Bertz CT molecular complexity index is 621. The van der Waals surface area contributed by atoms with Crippen LogP contribution in [0.1, 0.15) is 43.2 Å². The monoisotopic (exact) mass is 326 g/mol. The van der Waals surface area contributed by atoms with Gasteiger partial charge in [-0.1, -0.05) is 67.7 Å². The molecule has 3 rings (SSSR count). The van der Waals surface area contributed by atoms with E-state index < -0.39 is 8.07 Å². The molecular weight excluding hydrogens is 296 g/mol. The summed E-state index contributed by atoms with van der Waals surface area (Å²) in [6, 6.07) is 8.70. The second-order valence-electron chi connectivity index (χ2n) is 8.23. The van der Waals surface area contributed by atoms with Gasteiger partial charge in [-0.05, 0) is 54.7 Å². The molecule has 1 fully saturated rings. The Hall–Kier alpha value is -1.12. The molecule has 0 amide bonds. The lowest BCUT2D eigenvalue weighted by molar-refractivity contribution is 0.216. The lowest BCUT2D eigenvalue weighted by atomic mass is 9.75. The summed E-state index contributed by atoms with van der Waals surface area (Å²) in [6.45, 7) is 7.18. The summed E-state index contributed by atoms with van der Waals surface area (Å²) in [6.07, 6.45) is 9.05. The van der Waals surface area contributed by atoms with Crippen LogP contribution < -0.4 is 0 Å². The Kier molecular flexibility index (Phi) is 4.93.